The Hall–Kier alpha value is -1.00. The standard InChI is InChI=1S/C9H9Br2N5O2S/c1-3(2)18-5-4(10)7(11)19-6(5)8(17)12-9-13-15-16-14-9/h3H,1-2H3,(H2,12,13,14,15,16,17). The van der Waals surface area contributed by atoms with E-state index in [1.54, 1.807) is 0 Å². The van der Waals surface area contributed by atoms with Crippen molar-refractivity contribution >= 4 is 55.1 Å². The number of nitrogens with zero attached hydrogens (tertiary/aromatic N) is 3. The minimum Gasteiger partial charge on any atom is -0.488 e. The lowest BCUT2D eigenvalue weighted by atomic mass is 10.4. The molecule has 0 saturated heterocycles. The maximum atomic E-state index is 12.1. The number of H-pyrrole nitrogens is 1. The van der Waals surface area contributed by atoms with E-state index in [0.29, 0.717) is 15.1 Å². The number of aromatic nitrogens is 4. The summed E-state index contributed by atoms with van der Waals surface area (Å²) in [6.45, 7) is 3.78. The van der Waals surface area contributed by atoms with Gasteiger partial charge < -0.3 is 4.74 Å². The van der Waals surface area contributed by atoms with E-state index in [0.717, 1.165) is 3.79 Å². The molecule has 0 aromatic carbocycles. The van der Waals surface area contributed by atoms with Gasteiger partial charge in [-0.2, -0.15) is 5.21 Å². The Morgan fingerprint density at radius 3 is 2.79 bits per heavy atom. The topological polar surface area (TPSA) is 92.8 Å². The number of thiophene rings is 1. The van der Waals surface area contributed by atoms with Gasteiger partial charge in [-0.1, -0.05) is 5.10 Å². The van der Waals surface area contributed by atoms with Crippen molar-refractivity contribution in [3.05, 3.63) is 13.1 Å². The highest BCUT2D eigenvalue weighted by Crippen LogP contribution is 2.43. The molecule has 2 aromatic rings. The van der Waals surface area contributed by atoms with E-state index in [4.69, 9.17) is 4.74 Å². The summed E-state index contributed by atoms with van der Waals surface area (Å²) >= 11 is 8.01. The first-order valence-electron chi connectivity index (χ1n) is 5.18. The number of rotatable bonds is 4. The minimum atomic E-state index is -0.353. The monoisotopic (exact) mass is 409 g/mol. The second kappa shape index (κ2) is 5.97. The van der Waals surface area contributed by atoms with Crippen LogP contribution >= 0.6 is 43.2 Å². The molecule has 1 amide bonds. The highest BCUT2D eigenvalue weighted by molar-refractivity contribution is 9.13. The molecule has 2 aromatic heterocycles. The zero-order valence-corrected chi connectivity index (χ0v) is 13.9. The number of hydrogen-bond donors (Lipinski definition) is 2. The predicted octanol–water partition coefficient (Wildman–Crippen LogP) is 2.83. The lowest BCUT2D eigenvalue weighted by molar-refractivity contribution is 0.102. The average molecular weight is 411 g/mol. The Morgan fingerprint density at radius 2 is 2.21 bits per heavy atom. The van der Waals surface area contributed by atoms with E-state index in [9.17, 15) is 4.79 Å². The summed E-state index contributed by atoms with van der Waals surface area (Å²) in [5.74, 6) is 0.252. The number of anilines is 1. The van der Waals surface area contributed by atoms with Crippen LogP contribution in [0.25, 0.3) is 0 Å². The van der Waals surface area contributed by atoms with Gasteiger partial charge in [0, 0.05) is 0 Å². The van der Waals surface area contributed by atoms with Crippen molar-refractivity contribution < 1.29 is 9.53 Å². The average Bonchev–Trinajstić information content (AvgIpc) is 2.92. The summed E-state index contributed by atoms with van der Waals surface area (Å²) < 4.78 is 7.14. The summed E-state index contributed by atoms with van der Waals surface area (Å²) in [6, 6.07) is 0. The largest absolute Gasteiger partial charge is 0.488 e. The van der Waals surface area contributed by atoms with Gasteiger partial charge in [-0.25, -0.2) is 0 Å². The van der Waals surface area contributed by atoms with Gasteiger partial charge in [0.25, 0.3) is 11.9 Å². The number of ether oxygens (including phenoxy) is 1. The highest BCUT2D eigenvalue weighted by Gasteiger charge is 2.23. The lowest BCUT2D eigenvalue weighted by Gasteiger charge is -2.10. The van der Waals surface area contributed by atoms with Gasteiger partial charge in [0.15, 0.2) is 5.75 Å². The van der Waals surface area contributed by atoms with Crippen LogP contribution in [-0.4, -0.2) is 32.6 Å². The highest BCUT2D eigenvalue weighted by atomic mass is 79.9. The molecule has 19 heavy (non-hydrogen) atoms. The molecule has 10 heteroatoms. The number of carbonyl (C=O) groups excluding carboxylic acids is 1. The first-order valence-corrected chi connectivity index (χ1v) is 7.58. The van der Waals surface area contributed by atoms with Crippen molar-refractivity contribution in [1.29, 1.82) is 0 Å². The Kier molecular flexibility index (Phi) is 4.53. The predicted molar refractivity (Wildman–Crippen MR) is 77.6 cm³/mol. The lowest BCUT2D eigenvalue weighted by Crippen LogP contribution is -2.14. The van der Waals surface area contributed by atoms with Crippen molar-refractivity contribution in [2.24, 2.45) is 0 Å². The fraction of sp³-hybridized carbons (Fsp3) is 0.333. The number of amides is 1. The van der Waals surface area contributed by atoms with E-state index in [-0.39, 0.29) is 18.0 Å². The molecule has 0 aliphatic rings. The molecule has 2 heterocycles. The smallest absolute Gasteiger partial charge is 0.272 e. The van der Waals surface area contributed by atoms with Crippen LogP contribution in [0.5, 0.6) is 5.75 Å². The molecular weight excluding hydrogens is 402 g/mol. The first-order chi connectivity index (χ1) is 8.99. The molecule has 7 nitrogen and oxygen atoms in total. The molecule has 0 atom stereocenters. The Bertz CT molecular complexity index is 584. The van der Waals surface area contributed by atoms with E-state index < -0.39 is 0 Å². The third-order valence-corrected chi connectivity index (χ3v) is 5.29. The molecule has 102 valence electrons. The Balaban J connectivity index is 2.28. The number of nitrogens with one attached hydrogen (secondary N) is 2. The first kappa shape index (κ1) is 14.4. The van der Waals surface area contributed by atoms with Crippen LogP contribution in [0.4, 0.5) is 5.95 Å². The van der Waals surface area contributed by atoms with E-state index in [2.05, 4.69) is 57.8 Å². The van der Waals surface area contributed by atoms with Crippen molar-refractivity contribution in [1.82, 2.24) is 20.6 Å². The summed E-state index contributed by atoms with van der Waals surface area (Å²) in [5, 5.41) is 15.5. The van der Waals surface area contributed by atoms with Crippen LogP contribution in [0.15, 0.2) is 8.26 Å². The Labute approximate surface area is 129 Å². The molecule has 2 N–H and O–H groups in total. The van der Waals surface area contributed by atoms with Crippen LogP contribution < -0.4 is 10.1 Å². The van der Waals surface area contributed by atoms with E-state index >= 15 is 0 Å². The normalized spacial score (nSPS) is 10.8. The van der Waals surface area contributed by atoms with Gasteiger partial charge >= 0.3 is 0 Å². The summed E-state index contributed by atoms with van der Waals surface area (Å²) in [7, 11) is 0. The third-order valence-electron chi connectivity index (χ3n) is 1.90. The molecule has 2 rings (SSSR count). The zero-order valence-electron chi connectivity index (χ0n) is 9.90. The zero-order chi connectivity index (χ0) is 14.0. The van der Waals surface area contributed by atoms with Crippen LogP contribution in [0, 0.1) is 0 Å². The third kappa shape index (κ3) is 3.31. The van der Waals surface area contributed by atoms with Crippen LogP contribution in [0.2, 0.25) is 0 Å². The summed E-state index contributed by atoms with van der Waals surface area (Å²) in [6.07, 6.45) is -0.0467. The fourth-order valence-electron chi connectivity index (χ4n) is 1.23. The molecule has 0 fully saturated rings. The number of carbonyl (C=O) groups is 1. The van der Waals surface area contributed by atoms with E-state index in [1.165, 1.54) is 11.3 Å². The van der Waals surface area contributed by atoms with Gasteiger partial charge in [-0.15, -0.1) is 16.4 Å². The van der Waals surface area contributed by atoms with Crippen LogP contribution in [-0.2, 0) is 0 Å². The summed E-state index contributed by atoms with van der Waals surface area (Å²) in [4.78, 5) is 12.6. The Morgan fingerprint density at radius 1 is 1.47 bits per heavy atom. The molecule has 0 aliphatic carbocycles. The maximum Gasteiger partial charge on any atom is 0.272 e. The second-order valence-electron chi connectivity index (χ2n) is 3.70. The molecule has 0 saturated carbocycles. The van der Waals surface area contributed by atoms with Crippen molar-refractivity contribution in [2.75, 3.05) is 5.32 Å². The van der Waals surface area contributed by atoms with Crippen molar-refractivity contribution in [2.45, 2.75) is 20.0 Å². The maximum absolute atomic E-state index is 12.1. The van der Waals surface area contributed by atoms with Crippen LogP contribution in [0.1, 0.15) is 23.5 Å². The molecule has 0 bridgehead atoms. The molecule has 0 aliphatic heterocycles. The van der Waals surface area contributed by atoms with Gasteiger partial charge in [-0.3, -0.25) is 10.1 Å². The van der Waals surface area contributed by atoms with E-state index in [1.807, 2.05) is 13.8 Å². The second-order valence-corrected chi connectivity index (χ2v) is 6.84. The van der Waals surface area contributed by atoms with Gasteiger partial charge in [-0.05, 0) is 50.9 Å². The fourth-order valence-corrected chi connectivity index (χ4v) is 3.31. The molecule has 0 radical (unpaired) electrons. The van der Waals surface area contributed by atoms with Crippen molar-refractivity contribution in [3.63, 3.8) is 0 Å². The molecule has 0 spiro atoms. The van der Waals surface area contributed by atoms with Crippen LogP contribution in [0.3, 0.4) is 0 Å². The summed E-state index contributed by atoms with van der Waals surface area (Å²) in [5.41, 5.74) is 0. The van der Waals surface area contributed by atoms with Crippen molar-refractivity contribution in [3.8, 4) is 5.75 Å². The van der Waals surface area contributed by atoms with Gasteiger partial charge in [0.2, 0.25) is 0 Å². The number of aromatic amines is 1. The minimum absolute atomic E-state index is 0.0467. The number of halogens is 2. The molecule has 0 unspecified atom stereocenters. The SMILES string of the molecule is CC(C)Oc1c(C(=O)Nc2nn[nH]n2)sc(Br)c1Br. The quantitative estimate of drug-likeness (QED) is 0.808. The van der Waals surface area contributed by atoms with Gasteiger partial charge in [0.05, 0.1) is 14.4 Å². The number of tetrazole rings is 1. The molecular formula is C9H9Br2N5O2S. The van der Waals surface area contributed by atoms with Gasteiger partial charge in [0.1, 0.15) is 4.88 Å². The number of hydrogen-bond acceptors (Lipinski definition) is 6.